The van der Waals surface area contributed by atoms with E-state index in [0.29, 0.717) is 23.0 Å². The molecule has 2 amide bonds. The summed E-state index contributed by atoms with van der Waals surface area (Å²) >= 11 is 0. The zero-order chi connectivity index (χ0) is 17.1. The molecule has 0 saturated heterocycles. The molecule has 1 heterocycles. The molecule has 122 valence electrons. The Hall–Kier alpha value is -2.77. The molecule has 0 fully saturated rings. The lowest BCUT2D eigenvalue weighted by atomic mass is 10.3. The monoisotopic (exact) mass is 321 g/mol. The van der Waals surface area contributed by atoms with Crippen LogP contribution in [-0.4, -0.2) is 30.1 Å². The van der Waals surface area contributed by atoms with E-state index in [4.69, 9.17) is 0 Å². The normalized spacial score (nSPS) is 10.3. The Morgan fingerprint density at radius 2 is 1.65 bits per heavy atom. The van der Waals surface area contributed by atoms with Gasteiger partial charge in [-0.3, -0.25) is 0 Å². The number of benzene rings is 1. The highest BCUT2D eigenvalue weighted by Crippen LogP contribution is 2.20. The average Bonchev–Trinajstić information content (AvgIpc) is 2.46. The van der Waals surface area contributed by atoms with Gasteiger partial charge in [-0.1, -0.05) is 0 Å². The predicted octanol–water partition coefficient (Wildman–Crippen LogP) is 3.08. The second-order valence-corrected chi connectivity index (χ2v) is 5.17. The van der Waals surface area contributed by atoms with Gasteiger partial charge >= 0.3 is 6.03 Å². The minimum atomic E-state index is -1.03. The molecule has 6 nitrogen and oxygen atoms in total. The minimum Gasteiger partial charge on any atom is -0.347 e. The lowest BCUT2D eigenvalue weighted by Crippen LogP contribution is -2.22. The molecule has 0 saturated carbocycles. The van der Waals surface area contributed by atoms with Gasteiger partial charge in [-0.25, -0.2) is 23.5 Å². The number of urea groups is 1. The number of aryl methyl sites for hydroxylation is 2. The molecule has 0 bridgehead atoms. The fourth-order valence-corrected chi connectivity index (χ4v) is 1.93. The number of rotatable bonds is 3. The van der Waals surface area contributed by atoms with Crippen molar-refractivity contribution < 1.29 is 13.6 Å². The van der Waals surface area contributed by atoms with Gasteiger partial charge in [0.2, 0.25) is 5.95 Å². The summed E-state index contributed by atoms with van der Waals surface area (Å²) in [6, 6.07) is 2.52. The number of aromatic nitrogens is 2. The van der Waals surface area contributed by atoms with Crippen LogP contribution in [0.25, 0.3) is 0 Å². The van der Waals surface area contributed by atoms with Crippen LogP contribution in [0, 0.1) is 25.5 Å². The van der Waals surface area contributed by atoms with E-state index in [1.54, 1.807) is 18.7 Å². The van der Waals surface area contributed by atoms with Crippen LogP contribution in [0.5, 0.6) is 0 Å². The molecule has 23 heavy (non-hydrogen) atoms. The molecule has 0 atom stereocenters. The third kappa shape index (κ3) is 3.91. The summed E-state index contributed by atoms with van der Waals surface area (Å²) in [7, 11) is 3.63. The topological polar surface area (TPSA) is 70.2 Å². The Morgan fingerprint density at radius 1 is 1.04 bits per heavy atom. The van der Waals surface area contributed by atoms with Gasteiger partial charge in [0.1, 0.15) is 0 Å². The Bertz CT molecular complexity index is 726. The SMILES string of the molecule is Cc1nc(N(C)C)nc(C)c1NC(=O)Nc1ccc(F)c(F)c1. The minimum absolute atomic E-state index is 0.141. The van der Waals surface area contributed by atoms with E-state index >= 15 is 0 Å². The van der Waals surface area contributed by atoms with E-state index < -0.39 is 17.7 Å². The van der Waals surface area contributed by atoms with Crippen molar-refractivity contribution in [1.82, 2.24) is 9.97 Å². The van der Waals surface area contributed by atoms with Crippen molar-refractivity contribution in [3.8, 4) is 0 Å². The van der Waals surface area contributed by atoms with Crippen molar-refractivity contribution in [2.75, 3.05) is 29.6 Å². The van der Waals surface area contributed by atoms with Gasteiger partial charge in [0.15, 0.2) is 11.6 Å². The van der Waals surface area contributed by atoms with Gasteiger partial charge < -0.3 is 15.5 Å². The molecular formula is C15H17F2N5O. The maximum Gasteiger partial charge on any atom is 0.323 e. The van der Waals surface area contributed by atoms with Crippen LogP contribution >= 0.6 is 0 Å². The zero-order valence-electron chi connectivity index (χ0n) is 13.2. The van der Waals surface area contributed by atoms with Crippen molar-refractivity contribution in [1.29, 1.82) is 0 Å². The third-order valence-electron chi connectivity index (χ3n) is 3.08. The summed E-state index contributed by atoms with van der Waals surface area (Å²) in [4.78, 5) is 22.3. The number of hydrogen-bond acceptors (Lipinski definition) is 4. The van der Waals surface area contributed by atoms with Crippen LogP contribution in [-0.2, 0) is 0 Å². The largest absolute Gasteiger partial charge is 0.347 e. The first kappa shape index (κ1) is 16.6. The fourth-order valence-electron chi connectivity index (χ4n) is 1.93. The summed E-state index contributed by atoms with van der Waals surface area (Å²) in [6.45, 7) is 3.49. The van der Waals surface area contributed by atoms with Crippen molar-refractivity contribution in [2.24, 2.45) is 0 Å². The van der Waals surface area contributed by atoms with Gasteiger partial charge in [0.05, 0.1) is 17.1 Å². The number of halogens is 2. The number of carbonyl (C=O) groups excluding carboxylic acids is 1. The van der Waals surface area contributed by atoms with E-state index in [9.17, 15) is 13.6 Å². The molecule has 0 radical (unpaired) electrons. The van der Waals surface area contributed by atoms with Crippen LogP contribution < -0.4 is 15.5 Å². The first-order valence-electron chi connectivity index (χ1n) is 6.83. The van der Waals surface area contributed by atoms with Crippen molar-refractivity contribution >= 4 is 23.4 Å². The molecule has 2 aromatic rings. The van der Waals surface area contributed by atoms with Gasteiger partial charge in [-0.05, 0) is 26.0 Å². The van der Waals surface area contributed by atoms with Gasteiger partial charge in [0.25, 0.3) is 0 Å². The molecule has 0 aliphatic rings. The van der Waals surface area contributed by atoms with E-state index in [1.807, 2.05) is 14.1 Å². The van der Waals surface area contributed by atoms with E-state index in [-0.39, 0.29) is 5.69 Å². The van der Waals surface area contributed by atoms with Crippen molar-refractivity contribution in [2.45, 2.75) is 13.8 Å². The predicted molar refractivity (Wildman–Crippen MR) is 84.8 cm³/mol. The number of amides is 2. The molecule has 2 rings (SSSR count). The van der Waals surface area contributed by atoms with Crippen molar-refractivity contribution in [3.63, 3.8) is 0 Å². The Morgan fingerprint density at radius 3 is 2.17 bits per heavy atom. The maximum absolute atomic E-state index is 13.1. The number of hydrogen-bond donors (Lipinski definition) is 2. The van der Waals surface area contributed by atoms with Crippen LogP contribution in [0.15, 0.2) is 18.2 Å². The molecule has 0 spiro atoms. The number of nitrogens with zero attached hydrogens (tertiary/aromatic N) is 3. The highest BCUT2D eigenvalue weighted by atomic mass is 19.2. The second-order valence-electron chi connectivity index (χ2n) is 5.17. The highest BCUT2D eigenvalue weighted by Gasteiger charge is 2.13. The third-order valence-corrected chi connectivity index (χ3v) is 3.08. The second kappa shape index (κ2) is 6.55. The van der Waals surface area contributed by atoms with Crippen LogP contribution in [0.3, 0.4) is 0 Å². The molecular weight excluding hydrogens is 304 g/mol. The lowest BCUT2D eigenvalue weighted by molar-refractivity contribution is 0.262. The summed E-state index contributed by atoms with van der Waals surface area (Å²) in [5.41, 5.74) is 1.81. The van der Waals surface area contributed by atoms with Gasteiger partial charge in [-0.15, -0.1) is 0 Å². The number of carbonyl (C=O) groups is 1. The lowest BCUT2D eigenvalue weighted by Gasteiger charge is -2.16. The molecule has 8 heteroatoms. The molecule has 1 aromatic heterocycles. The fraction of sp³-hybridized carbons (Fsp3) is 0.267. The van der Waals surface area contributed by atoms with E-state index in [2.05, 4.69) is 20.6 Å². The summed E-state index contributed by atoms with van der Waals surface area (Å²) < 4.78 is 26.0. The standard InChI is InChI=1S/C15H17F2N5O/c1-8-13(9(2)19-14(18-8)22(3)4)21-15(23)20-10-5-6-11(16)12(17)7-10/h5-7H,1-4H3,(H2,20,21,23). The Kier molecular flexibility index (Phi) is 4.73. The van der Waals surface area contributed by atoms with Gasteiger partial charge in [-0.2, -0.15) is 0 Å². The van der Waals surface area contributed by atoms with E-state index in [1.165, 1.54) is 6.07 Å². The first-order valence-corrected chi connectivity index (χ1v) is 6.83. The molecule has 0 aliphatic carbocycles. The van der Waals surface area contributed by atoms with Crippen LogP contribution in [0.1, 0.15) is 11.4 Å². The molecule has 1 aromatic carbocycles. The summed E-state index contributed by atoms with van der Waals surface area (Å²) in [5.74, 6) is -1.48. The van der Waals surface area contributed by atoms with E-state index in [0.717, 1.165) is 12.1 Å². The first-order chi connectivity index (χ1) is 10.8. The van der Waals surface area contributed by atoms with Crippen LogP contribution in [0.4, 0.5) is 30.9 Å². The summed E-state index contributed by atoms with van der Waals surface area (Å²) in [5, 5.41) is 5.05. The average molecular weight is 321 g/mol. The summed E-state index contributed by atoms with van der Waals surface area (Å²) in [6.07, 6.45) is 0. The van der Waals surface area contributed by atoms with Crippen LogP contribution in [0.2, 0.25) is 0 Å². The highest BCUT2D eigenvalue weighted by molar-refractivity contribution is 6.00. The Labute approximate surface area is 132 Å². The molecule has 0 unspecified atom stereocenters. The Balaban J connectivity index is 2.15. The van der Waals surface area contributed by atoms with Crippen molar-refractivity contribution in [3.05, 3.63) is 41.2 Å². The quantitative estimate of drug-likeness (QED) is 0.911. The molecule has 2 N–H and O–H groups in total. The smallest absolute Gasteiger partial charge is 0.323 e. The number of nitrogens with one attached hydrogen (secondary N) is 2. The maximum atomic E-state index is 13.1. The number of anilines is 3. The van der Waals surface area contributed by atoms with Gasteiger partial charge in [0, 0.05) is 25.8 Å². The zero-order valence-corrected chi connectivity index (χ0v) is 13.2. The molecule has 0 aliphatic heterocycles.